The van der Waals surface area contributed by atoms with Crippen LogP contribution < -0.4 is 25.0 Å². The summed E-state index contributed by atoms with van der Waals surface area (Å²) in [7, 11) is 4.50. The van der Waals surface area contributed by atoms with E-state index in [2.05, 4.69) is 15.8 Å². The molecule has 0 bridgehead atoms. The number of amides is 2. The third kappa shape index (κ3) is 5.00. The van der Waals surface area contributed by atoms with E-state index >= 15 is 0 Å². The second kappa shape index (κ2) is 9.40. The molecule has 0 heterocycles. The van der Waals surface area contributed by atoms with Crippen LogP contribution in [0.25, 0.3) is 0 Å². The maximum atomic E-state index is 12.0. The maximum Gasteiger partial charge on any atom is 0.329 e. The molecule has 28 heavy (non-hydrogen) atoms. The molecule has 0 aliphatic rings. The number of hydrazone groups is 1. The van der Waals surface area contributed by atoms with Crippen molar-refractivity contribution in [1.29, 1.82) is 0 Å². The van der Waals surface area contributed by atoms with Gasteiger partial charge < -0.3 is 19.5 Å². The molecule has 0 aromatic heterocycles. The number of carbonyl (C=O) groups is 2. The zero-order valence-electron chi connectivity index (χ0n) is 16.5. The van der Waals surface area contributed by atoms with E-state index in [9.17, 15) is 9.59 Å². The zero-order chi connectivity index (χ0) is 20.7. The molecule has 0 saturated carbocycles. The van der Waals surface area contributed by atoms with Crippen molar-refractivity contribution in [3.63, 3.8) is 0 Å². The minimum absolute atomic E-state index is 0.444. The number of methoxy groups -OCH3 is 3. The number of benzene rings is 2. The van der Waals surface area contributed by atoms with Crippen molar-refractivity contribution in [1.82, 2.24) is 5.43 Å². The van der Waals surface area contributed by atoms with E-state index in [4.69, 9.17) is 14.2 Å². The average molecular weight is 385 g/mol. The van der Waals surface area contributed by atoms with Gasteiger partial charge in [-0.2, -0.15) is 5.10 Å². The number of rotatable bonds is 6. The summed E-state index contributed by atoms with van der Waals surface area (Å²) >= 11 is 0. The van der Waals surface area contributed by atoms with Gasteiger partial charge in [0.05, 0.1) is 27.5 Å². The summed E-state index contributed by atoms with van der Waals surface area (Å²) in [6.07, 6.45) is 1.37. The number of nitrogens with zero attached hydrogens (tertiary/aromatic N) is 1. The molecule has 8 nitrogen and oxygen atoms in total. The number of hydrogen-bond acceptors (Lipinski definition) is 6. The Morgan fingerprint density at radius 1 is 0.929 bits per heavy atom. The lowest BCUT2D eigenvalue weighted by Gasteiger charge is -2.12. The Bertz CT molecular complexity index is 884. The van der Waals surface area contributed by atoms with E-state index in [1.807, 2.05) is 26.0 Å². The highest BCUT2D eigenvalue weighted by Crippen LogP contribution is 2.37. The molecule has 0 fully saturated rings. The summed E-state index contributed by atoms with van der Waals surface area (Å²) in [6.45, 7) is 3.74. The summed E-state index contributed by atoms with van der Waals surface area (Å²) in [5.41, 5.74) is 5.19. The van der Waals surface area contributed by atoms with Gasteiger partial charge in [-0.05, 0) is 43.2 Å². The summed E-state index contributed by atoms with van der Waals surface area (Å²) in [5, 5.41) is 6.38. The molecule has 0 radical (unpaired) electrons. The number of ether oxygens (including phenoxy) is 3. The molecule has 2 rings (SSSR count). The van der Waals surface area contributed by atoms with Gasteiger partial charge in [0.15, 0.2) is 11.5 Å². The van der Waals surface area contributed by atoms with E-state index in [1.165, 1.54) is 27.5 Å². The summed E-state index contributed by atoms with van der Waals surface area (Å²) < 4.78 is 15.8. The lowest BCUT2D eigenvalue weighted by molar-refractivity contribution is -0.136. The van der Waals surface area contributed by atoms with Gasteiger partial charge in [-0.1, -0.05) is 12.1 Å². The van der Waals surface area contributed by atoms with Crippen molar-refractivity contribution >= 4 is 23.7 Å². The number of aryl methyl sites for hydroxylation is 2. The number of hydrogen-bond donors (Lipinski definition) is 2. The molecule has 2 aromatic carbocycles. The quantitative estimate of drug-likeness (QED) is 0.452. The van der Waals surface area contributed by atoms with Crippen molar-refractivity contribution in [3.05, 3.63) is 47.0 Å². The second-order valence-electron chi connectivity index (χ2n) is 5.93. The Morgan fingerprint density at radius 3 is 2.14 bits per heavy atom. The molecular weight excluding hydrogens is 362 g/mol. The van der Waals surface area contributed by atoms with Crippen molar-refractivity contribution in [2.24, 2.45) is 5.10 Å². The molecule has 0 aliphatic carbocycles. The SMILES string of the molecule is COc1cc(C=NNC(=O)C(=O)Nc2cc(C)ccc2C)cc(OC)c1OC. The monoisotopic (exact) mass is 385 g/mol. The van der Waals surface area contributed by atoms with Gasteiger partial charge in [0.1, 0.15) is 0 Å². The summed E-state index contributed by atoms with van der Waals surface area (Å²) in [4.78, 5) is 24.0. The minimum atomic E-state index is -0.885. The highest BCUT2D eigenvalue weighted by Gasteiger charge is 2.15. The Balaban J connectivity index is 2.06. The zero-order valence-corrected chi connectivity index (χ0v) is 16.5. The van der Waals surface area contributed by atoms with Crippen LogP contribution in [0.1, 0.15) is 16.7 Å². The molecule has 148 valence electrons. The molecule has 0 atom stereocenters. The minimum Gasteiger partial charge on any atom is -0.493 e. The van der Waals surface area contributed by atoms with Crippen LogP contribution in [0.4, 0.5) is 5.69 Å². The van der Waals surface area contributed by atoms with Crippen LogP contribution in [-0.2, 0) is 9.59 Å². The van der Waals surface area contributed by atoms with Crippen LogP contribution in [0.3, 0.4) is 0 Å². The van der Waals surface area contributed by atoms with Gasteiger partial charge in [0.25, 0.3) is 0 Å². The van der Waals surface area contributed by atoms with Crippen molar-refractivity contribution in [3.8, 4) is 17.2 Å². The van der Waals surface area contributed by atoms with Crippen LogP contribution in [0, 0.1) is 13.8 Å². The van der Waals surface area contributed by atoms with Crippen LogP contribution in [-0.4, -0.2) is 39.4 Å². The van der Waals surface area contributed by atoms with Gasteiger partial charge in [-0.25, -0.2) is 5.43 Å². The molecule has 2 N–H and O–H groups in total. The fourth-order valence-corrected chi connectivity index (χ4v) is 2.44. The lowest BCUT2D eigenvalue weighted by atomic mass is 10.1. The van der Waals surface area contributed by atoms with Gasteiger partial charge >= 0.3 is 11.8 Å². The third-order valence-corrected chi connectivity index (χ3v) is 3.91. The van der Waals surface area contributed by atoms with E-state index < -0.39 is 11.8 Å². The highest BCUT2D eigenvalue weighted by atomic mass is 16.5. The molecule has 0 aliphatic heterocycles. The smallest absolute Gasteiger partial charge is 0.329 e. The predicted molar refractivity (Wildman–Crippen MR) is 106 cm³/mol. The molecule has 8 heteroatoms. The lowest BCUT2D eigenvalue weighted by Crippen LogP contribution is -2.32. The highest BCUT2D eigenvalue weighted by molar-refractivity contribution is 6.39. The van der Waals surface area contributed by atoms with Gasteiger partial charge in [-0.3, -0.25) is 9.59 Å². The molecule has 0 saturated heterocycles. The second-order valence-corrected chi connectivity index (χ2v) is 5.93. The molecule has 2 aromatic rings. The normalized spacial score (nSPS) is 10.5. The number of anilines is 1. The standard InChI is InChI=1S/C20H23N3O5/c1-12-6-7-13(2)15(8-12)22-19(24)20(25)23-21-11-14-9-16(26-3)18(28-5)17(10-14)27-4/h6-11H,1-5H3,(H,22,24)(H,23,25). The van der Waals surface area contributed by atoms with Gasteiger partial charge in [0.2, 0.25) is 5.75 Å². The number of nitrogens with one attached hydrogen (secondary N) is 2. The average Bonchev–Trinajstić information content (AvgIpc) is 2.69. The van der Waals surface area contributed by atoms with Crippen molar-refractivity contribution in [2.45, 2.75) is 13.8 Å². The topological polar surface area (TPSA) is 98.2 Å². The summed E-state index contributed by atoms with van der Waals surface area (Å²) in [5.74, 6) is -0.357. The van der Waals surface area contributed by atoms with E-state index in [0.717, 1.165) is 11.1 Å². The van der Waals surface area contributed by atoms with Crippen molar-refractivity contribution < 1.29 is 23.8 Å². The van der Waals surface area contributed by atoms with Crippen LogP contribution >= 0.6 is 0 Å². The van der Waals surface area contributed by atoms with Crippen molar-refractivity contribution in [2.75, 3.05) is 26.6 Å². The Kier molecular flexibility index (Phi) is 6.97. The predicted octanol–water partition coefficient (Wildman–Crippen LogP) is 2.42. The Hall–Kier alpha value is -3.55. The third-order valence-electron chi connectivity index (χ3n) is 3.91. The van der Waals surface area contributed by atoms with Gasteiger partial charge in [-0.15, -0.1) is 0 Å². The Morgan fingerprint density at radius 2 is 1.57 bits per heavy atom. The first-order valence-electron chi connectivity index (χ1n) is 8.41. The van der Waals surface area contributed by atoms with E-state index in [-0.39, 0.29) is 0 Å². The largest absolute Gasteiger partial charge is 0.493 e. The van der Waals surface area contributed by atoms with Crippen LogP contribution in [0.2, 0.25) is 0 Å². The van der Waals surface area contributed by atoms with Crippen LogP contribution in [0.5, 0.6) is 17.2 Å². The molecule has 2 amide bonds. The maximum absolute atomic E-state index is 12.0. The molecular formula is C20H23N3O5. The fraction of sp³-hybridized carbons (Fsp3) is 0.250. The molecule has 0 unspecified atom stereocenters. The molecule has 0 spiro atoms. The summed E-state index contributed by atoms with van der Waals surface area (Å²) in [6, 6.07) is 8.90. The van der Waals surface area contributed by atoms with Gasteiger partial charge in [0, 0.05) is 11.3 Å². The number of carbonyl (C=O) groups excluding carboxylic acids is 2. The van der Waals surface area contributed by atoms with E-state index in [1.54, 1.807) is 18.2 Å². The fourth-order valence-electron chi connectivity index (χ4n) is 2.44. The first-order valence-corrected chi connectivity index (χ1v) is 8.41. The van der Waals surface area contributed by atoms with Crippen LogP contribution in [0.15, 0.2) is 35.4 Å². The first kappa shape index (κ1) is 20.8. The van der Waals surface area contributed by atoms with E-state index in [0.29, 0.717) is 28.5 Å². The first-order chi connectivity index (χ1) is 13.4. The Labute approximate surface area is 163 Å².